The number of aliphatic hydroxyl groups is 1. The molecule has 0 bridgehead atoms. The number of esters is 1. The van der Waals surface area contributed by atoms with Gasteiger partial charge in [0.25, 0.3) is 0 Å². The van der Waals surface area contributed by atoms with Crippen molar-refractivity contribution in [1.29, 1.82) is 0 Å². The summed E-state index contributed by atoms with van der Waals surface area (Å²) in [6.07, 6.45) is 0.981. The molecule has 82 valence electrons. The van der Waals surface area contributed by atoms with Crippen LogP contribution >= 0.6 is 0 Å². The molecular weight excluding hydrogens is 192 g/mol. The summed E-state index contributed by atoms with van der Waals surface area (Å²) >= 11 is 0. The van der Waals surface area contributed by atoms with Crippen LogP contribution in [-0.4, -0.2) is 23.8 Å². The monoisotopic (exact) mass is 208 g/mol. The second kappa shape index (κ2) is 6.19. The van der Waals surface area contributed by atoms with Crippen molar-refractivity contribution in [2.24, 2.45) is 0 Å². The Morgan fingerprint density at radius 3 is 2.67 bits per heavy atom. The summed E-state index contributed by atoms with van der Waals surface area (Å²) in [6, 6.07) is 8.77. The van der Waals surface area contributed by atoms with Gasteiger partial charge in [0.1, 0.15) is 6.61 Å². The molecule has 0 amide bonds. The SMILES string of the molecule is CCC[C@H](O)COC(=O)c1ccccc1. The molecule has 0 radical (unpaired) electrons. The number of hydrogen-bond donors (Lipinski definition) is 1. The Labute approximate surface area is 89.7 Å². The van der Waals surface area contributed by atoms with Crippen LogP contribution in [0.3, 0.4) is 0 Å². The van der Waals surface area contributed by atoms with Gasteiger partial charge in [-0.1, -0.05) is 31.5 Å². The Kier molecular flexibility index (Phi) is 4.84. The Morgan fingerprint density at radius 1 is 1.40 bits per heavy atom. The van der Waals surface area contributed by atoms with Crippen molar-refractivity contribution in [3.8, 4) is 0 Å². The number of carbonyl (C=O) groups is 1. The highest BCUT2D eigenvalue weighted by Crippen LogP contribution is 2.03. The zero-order chi connectivity index (χ0) is 11.1. The van der Waals surface area contributed by atoms with Crippen LogP contribution in [0.15, 0.2) is 30.3 Å². The lowest BCUT2D eigenvalue weighted by molar-refractivity contribution is 0.0237. The van der Waals surface area contributed by atoms with Crippen LogP contribution in [0.2, 0.25) is 0 Å². The van der Waals surface area contributed by atoms with E-state index < -0.39 is 6.10 Å². The van der Waals surface area contributed by atoms with Crippen LogP contribution in [0, 0.1) is 0 Å². The second-order valence-electron chi connectivity index (χ2n) is 3.41. The van der Waals surface area contributed by atoms with Crippen molar-refractivity contribution in [3.05, 3.63) is 35.9 Å². The fourth-order valence-electron chi connectivity index (χ4n) is 1.25. The summed E-state index contributed by atoms with van der Waals surface area (Å²) < 4.78 is 4.95. The molecule has 1 N–H and O–H groups in total. The Bertz CT molecular complexity index is 295. The van der Waals surface area contributed by atoms with Crippen molar-refractivity contribution in [2.75, 3.05) is 6.61 Å². The Hall–Kier alpha value is -1.35. The highest BCUT2D eigenvalue weighted by Gasteiger charge is 2.09. The second-order valence-corrected chi connectivity index (χ2v) is 3.41. The van der Waals surface area contributed by atoms with Gasteiger partial charge in [0, 0.05) is 0 Å². The van der Waals surface area contributed by atoms with Crippen molar-refractivity contribution in [1.82, 2.24) is 0 Å². The number of ether oxygens (including phenoxy) is 1. The highest BCUT2D eigenvalue weighted by atomic mass is 16.5. The molecule has 0 aliphatic carbocycles. The van der Waals surface area contributed by atoms with Crippen LogP contribution in [0.25, 0.3) is 0 Å². The minimum Gasteiger partial charge on any atom is -0.459 e. The molecule has 1 rings (SSSR count). The minimum atomic E-state index is -0.553. The van der Waals surface area contributed by atoms with E-state index in [1.165, 1.54) is 0 Å². The highest BCUT2D eigenvalue weighted by molar-refractivity contribution is 5.89. The lowest BCUT2D eigenvalue weighted by Gasteiger charge is -2.09. The summed E-state index contributed by atoms with van der Waals surface area (Å²) in [6.45, 7) is 2.05. The molecule has 0 unspecified atom stereocenters. The molecule has 15 heavy (non-hydrogen) atoms. The molecular formula is C12H16O3. The summed E-state index contributed by atoms with van der Waals surface area (Å²) in [5, 5.41) is 9.37. The van der Waals surface area contributed by atoms with E-state index in [9.17, 15) is 9.90 Å². The smallest absolute Gasteiger partial charge is 0.338 e. The molecule has 1 aromatic carbocycles. The van der Waals surface area contributed by atoms with Crippen LogP contribution in [-0.2, 0) is 4.74 Å². The summed E-state index contributed by atoms with van der Waals surface area (Å²) in [5.41, 5.74) is 0.515. The number of hydrogen-bond acceptors (Lipinski definition) is 3. The first-order chi connectivity index (χ1) is 7.24. The maximum atomic E-state index is 11.4. The molecule has 0 heterocycles. The van der Waals surface area contributed by atoms with E-state index >= 15 is 0 Å². The van der Waals surface area contributed by atoms with Crippen LogP contribution in [0.4, 0.5) is 0 Å². The third-order valence-corrected chi connectivity index (χ3v) is 2.04. The topological polar surface area (TPSA) is 46.5 Å². The molecule has 1 atom stereocenters. The van der Waals surface area contributed by atoms with Crippen LogP contribution in [0.1, 0.15) is 30.1 Å². The van der Waals surface area contributed by atoms with E-state index in [1.54, 1.807) is 24.3 Å². The molecule has 0 fully saturated rings. The third kappa shape index (κ3) is 4.13. The van der Waals surface area contributed by atoms with E-state index in [2.05, 4.69) is 0 Å². The average Bonchev–Trinajstić information content (AvgIpc) is 2.27. The Morgan fingerprint density at radius 2 is 2.07 bits per heavy atom. The molecule has 3 heteroatoms. The van der Waals surface area contributed by atoms with Gasteiger partial charge < -0.3 is 9.84 Å². The molecule has 0 aromatic heterocycles. The fourth-order valence-corrected chi connectivity index (χ4v) is 1.25. The van der Waals surface area contributed by atoms with Gasteiger partial charge in [-0.2, -0.15) is 0 Å². The van der Waals surface area contributed by atoms with Gasteiger partial charge in [0.15, 0.2) is 0 Å². The lowest BCUT2D eigenvalue weighted by atomic mass is 10.2. The fraction of sp³-hybridized carbons (Fsp3) is 0.417. The zero-order valence-electron chi connectivity index (χ0n) is 8.85. The minimum absolute atomic E-state index is 0.0710. The molecule has 0 aliphatic rings. The first kappa shape index (κ1) is 11.7. The van der Waals surface area contributed by atoms with Gasteiger partial charge in [-0.3, -0.25) is 0 Å². The lowest BCUT2D eigenvalue weighted by Crippen LogP contribution is -2.18. The summed E-state index contributed by atoms with van der Waals surface area (Å²) in [7, 11) is 0. The van der Waals surface area contributed by atoms with Gasteiger partial charge in [0.2, 0.25) is 0 Å². The molecule has 0 saturated heterocycles. The van der Waals surface area contributed by atoms with Gasteiger partial charge >= 0.3 is 5.97 Å². The zero-order valence-corrected chi connectivity index (χ0v) is 8.85. The van der Waals surface area contributed by atoms with E-state index in [1.807, 2.05) is 13.0 Å². The van der Waals surface area contributed by atoms with E-state index in [0.29, 0.717) is 12.0 Å². The molecule has 0 spiro atoms. The number of rotatable bonds is 5. The van der Waals surface area contributed by atoms with Crippen molar-refractivity contribution < 1.29 is 14.6 Å². The molecule has 3 nitrogen and oxygen atoms in total. The van der Waals surface area contributed by atoms with Crippen LogP contribution < -0.4 is 0 Å². The quantitative estimate of drug-likeness (QED) is 0.753. The third-order valence-electron chi connectivity index (χ3n) is 2.04. The maximum absolute atomic E-state index is 11.4. The van der Waals surface area contributed by atoms with Gasteiger partial charge in [-0.05, 0) is 18.6 Å². The summed E-state index contributed by atoms with van der Waals surface area (Å²) in [5.74, 6) is -0.384. The predicted octanol–water partition coefficient (Wildman–Crippen LogP) is 2.00. The largest absolute Gasteiger partial charge is 0.459 e. The predicted molar refractivity (Wildman–Crippen MR) is 57.6 cm³/mol. The van der Waals surface area contributed by atoms with Crippen LogP contribution in [0.5, 0.6) is 0 Å². The first-order valence-electron chi connectivity index (χ1n) is 5.14. The van der Waals surface area contributed by atoms with Gasteiger partial charge in [0.05, 0.1) is 11.7 Å². The van der Waals surface area contributed by atoms with Gasteiger partial charge in [-0.25, -0.2) is 4.79 Å². The van der Waals surface area contributed by atoms with Crippen molar-refractivity contribution in [2.45, 2.75) is 25.9 Å². The number of benzene rings is 1. The number of aliphatic hydroxyl groups excluding tert-OH is 1. The molecule has 0 saturated carbocycles. The molecule has 1 aromatic rings. The molecule has 0 aliphatic heterocycles. The van der Waals surface area contributed by atoms with E-state index in [4.69, 9.17) is 4.74 Å². The normalized spacial score (nSPS) is 12.1. The number of carbonyl (C=O) groups excluding carboxylic acids is 1. The standard InChI is InChI=1S/C12H16O3/c1-2-6-11(13)9-15-12(14)10-7-4-3-5-8-10/h3-5,7-8,11,13H,2,6,9H2,1H3/t11-/m0/s1. The first-order valence-corrected chi connectivity index (χ1v) is 5.14. The van der Waals surface area contributed by atoms with Crippen molar-refractivity contribution in [3.63, 3.8) is 0 Å². The van der Waals surface area contributed by atoms with E-state index in [0.717, 1.165) is 6.42 Å². The summed E-state index contributed by atoms with van der Waals surface area (Å²) in [4.78, 5) is 11.4. The Balaban J connectivity index is 2.37. The maximum Gasteiger partial charge on any atom is 0.338 e. The van der Waals surface area contributed by atoms with E-state index in [-0.39, 0.29) is 12.6 Å². The average molecular weight is 208 g/mol. The van der Waals surface area contributed by atoms with Gasteiger partial charge in [-0.15, -0.1) is 0 Å². The van der Waals surface area contributed by atoms with Crippen molar-refractivity contribution >= 4 is 5.97 Å².